The summed E-state index contributed by atoms with van der Waals surface area (Å²) in [7, 11) is 0. The van der Waals surface area contributed by atoms with Crippen molar-refractivity contribution in [2.45, 2.75) is 11.8 Å². The second kappa shape index (κ2) is 3.62. The Balaban J connectivity index is 3.47. The Morgan fingerprint density at radius 3 is 1.79 bits per heavy atom. The molecular formula is C7H6N2O4S. The Hall–Kier alpha value is -1.63. The molecule has 0 amide bonds. The fourth-order valence-electron chi connectivity index (χ4n) is 1.02. The molecule has 0 saturated heterocycles. The lowest BCUT2D eigenvalue weighted by atomic mass is 10.2. The second-order valence-corrected chi connectivity index (χ2v) is 3.11. The van der Waals surface area contributed by atoms with Crippen molar-refractivity contribution >= 4 is 24.0 Å². The van der Waals surface area contributed by atoms with E-state index in [4.69, 9.17) is 0 Å². The molecular weight excluding hydrogens is 208 g/mol. The van der Waals surface area contributed by atoms with Gasteiger partial charge in [0.1, 0.15) is 0 Å². The van der Waals surface area contributed by atoms with Gasteiger partial charge in [0.05, 0.1) is 9.85 Å². The minimum absolute atomic E-state index is 0.217. The summed E-state index contributed by atoms with van der Waals surface area (Å²) in [5.41, 5.74) is -0.235. The smallest absolute Gasteiger partial charge is 0.258 e. The molecule has 0 fully saturated rings. The van der Waals surface area contributed by atoms with Gasteiger partial charge in [-0.25, -0.2) is 0 Å². The maximum absolute atomic E-state index is 10.5. The summed E-state index contributed by atoms with van der Waals surface area (Å²) in [6, 6.07) is 2.49. The Morgan fingerprint density at radius 1 is 1.14 bits per heavy atom. The van der Waals surface area contributed by atoms with E-state index in [-0.39, 0.29) is 16.3 Å². The summed E-state index contributed by atoms with van der Waals surface area (Å²) in [5, 5.41) is 21.0. The number of hydrogen-bond donors (Lipinski definition) is 1. The van der Waals surface area contributed by atoms with Crippen LogP contribution >= 0.6 is 12.6 Å². The average Bonchev–Trinajstić information content (AvgIpc) is 2.07. The van der Waals surface area contributed by atoms with E-state index in [2.05, 4.69) is 12.6 Å². The molecule has 14 heavy (non-hydrogen) atoms. The molecule has 0 saturated carbocycles. The van der Waals surface area contributed by atoms with Crippen LogP contribution in [-0.4, -0.2) is 9.85 Å². The minimum atomic E-state index is -0.692. The summed E-state index contributed by atoms with van der Waals surface area (Å²) in [6.07, 6.45) is 0. The number of benzene rings is 1. The maximum Gasteiger partial charge on any atom is 0.289 e. The van der Waals surface area contributed by atoms with Crippen LogP contribution in [0.3, 0.4) is 0 Å². The van der Waals surface area contributed by atoms with Crippen molar-refractivity contribution < 1.29 is 9.85 Å². The molecule has 1 aromatic rings. The largest absolute Gasteiger partial charge is 0.289 e. The lowest BCUT2D eigenvalue weighted by Gasteiger charge is -1.99. The highest BCUT2D eigenvalue weighted by molar-refractivity contribution is 7.80. The molecule has 0 aliphatic rings. The summed E-state index contributed by atoms with van der Waals surface area (Å²) in [5.74, 6) is 0. The number of nitrogens with zero attached hydrogens (tertiary/aromatic N) is 2. The Morgan fingerprint density at radius 2 is 1.50 bits per heavy atom. The van der Waals surface area contributed by atoms with Crippen LogP contribution in [0.5, 0.6) is 0 Å². The summed E-state index contributed by atoms with van der Waals surface area (Å²) in [6.45, 7) is 1.55. The van der Waals surface area contributed by atoms with Gasteiger partial charge in [-0.3, -0.25) is 20.2 Å². The predicted octanol–water partition coefficient (Wildman–Crippen LogP) is 2.10. The van der Waals surface area contributed by atoms with E-state index >= 15 is 0 Å². The van der Waals surface area contributed by atoms with Crippen molar-refractivity contribution in [2.24, 2.45) is 0 Å². The number of aryl methyl sites for hydroxylation is 1. The maximum atomic E-state index is 10.5. The van der Waals surface area contributed by atoms with Crippen LogP contribution in [0.4, 0.5) is 11.4 Å². The van der Waals surface area contributed by atoms with Crippen molar-refractivity contribution in [1.29, 1.82) is 0 Å². The van der Waals surface area contributed by atoms with Crippen LogP contribution in [0.25, 0.3) is 0 Å². The first-order valence-corrected chi connectivity index (χ1v) is 4.00. The van der Waals surface area contributed by atoms with Crippen LogP contribution in [0.15, 0.2) is 17.0 Å². The topological polar surface area (TPSA) is 86.3 Å². The van der Waals surface area contributed by atoms with Crippen molar-refractivity contribution in [2.75, 3.05) is 0 Å². The highest BCUT2D eigenvalue weighted by Gasteiger charge is 2.22. The Labute approximate surface area is 84.3 Å². The third kappa shape index (κ3) is 1.82. The van der Waals surface area contributed by atoms with E-state index in [0.29, 0.717) is 5.56 Å². The van der Waals surface area contributed by atoms with Crippen LogP contribution in [-0.2, 0) is 0 Å². The summed E-state index contributed by atoms with van der Waals surface area (Å²) >= 11 is 3.75. The van der Waals surface area contributed by atoms with E-state index in [1.54, 1.807) is 6.92 Å². The molecule has 0 heterocycles. The average molecular weight is 214 g/mol. The molecule has 0 bridgehead atoms. The molecule has 0 aromatic heterocycles. The predicted molar refractivity (Wildman–Crippen MR) is 51.7 cm³/mol. The van der Waals surface area contributed by atoms with E-state index in [9.17, 15) is 20.2 Å². The highest BCUT2D eigenvalue weighted by atomic mass is 32.1. The van der Waals surface area contributed by atoms with Gasteiger partial charge in [0, 0.05) is 12.1 Å². The quantitative estimate of drug-likeness (QED) is 0.464. The van der Waals surface area contributed by atoms with Gasteiger partial charge in [-0.1, -0.05) is 0 Å². The van der Waals surface area contributed by atoms with Gasteiger partial charge in [-0.2, -0.15) is 0 Å². The van der Waals surface area contributed by atoms with E-state index in [0.717, 1.165) is 0 Å². The van der Waals surface area contributed by atoms with Gasteiger partial charge in [-0.05, 0) is 12.5 Å². The zero-order chi connectivity index (χ0) is 10.9. The molecule has 0 aliphatic carbocycles. The lowest BCUT2D eigenvalue weighted by molar-refractivity contribution is -0.399. The molecule has 7 heteroatoms. The minimum Gasteiger partial charge on any atom is -0.258 e. The second-order valence-electron chi connectivity index (χ2n) is 2.67. The SMILES string of the molecule is Cc1cc([N+](=O)[O-])c(S)c([N+](=O)[O-])c1. The standard InChI is InChI=1S/C7H6N2O4S/c1-4-2-5(8(10)11)7(14)6(3-4)9(12)13/h2-3,14H,1H3. The van der Waals surface area contributed by atoms with Crippen molar-refractivity contribution in [1.82, 2.24) is 0 Å². The van der Waals surface area contributed by atoms with E-state index in [1.807, 2.05) is 0 Å². The van der Waals surface area contributed by atoms with Crippen molar-refractivity contribution in [3.05, 3.63) is 37.9 Å². The van der Waals surface area contributed by atoms with Crippen LogP contribution in [0, 0.1) is 27.2 Å². The first-order valence-electron chi connectivity index (χ1n) is 3.56. The summed E-state index contributed by atoms with van der Waals surface area (Å²) in [4.78, 5) is 19.4. The van der Waals surface area contributed by atoms with E-state index in [1.165, 1.54) is 12.1 Å². The molecule has 0 spiro atoms. The van der Waals surface area contributed by atoms with Gasteiger partial charge in [0.15, 0.2) is 4.90 Å². The monoisotopic (exact) mass is 214 g/mol. The third-order valence-corrected chi connectivity index (χ3v) is 2.07. The van der Waals surface area contributed by atoms with Gasteiger partial charge in [-0.15, -0.1) is 12.6 Å². The van der Waals surface area contributed by atoms with Crippen LogP contribution < -0.4 is 0 Å². The third-order valence-electron chi connectivity index (χ3n) is 1.61. The number of rotatable bonds is 2. The normalized spacial score (nSPS) is 9.86. The number of nitro groups is 2. The zero-order valence-corrected chi connectivity index (χ0v) is 8.02. The van der Waals surface area contributed by atoms with Gasteiger partial charge in [0.25, 0.3) is 11.4 Å². The first kappa shape index (κ1) is 10.5. The number of hydrogen-bond acceptors (Lipinski definition) is 5. The fourth-order valence-corrected chi connectivity index (χ4v) is 1.31. The van der Waals surface area contributed by atoms with E-state index < -0.39 is 9.85 Å². The van der Waals surface area contributed by atoms with Gasteiger partial charge >= 0.3 is 0 Å². The van der Waals surface area contributed by atoms with Gasteiger partial charge < -0.3 is 0 Å². The van der Waals surface area contributed by atoms with Crippen LogP contribution in [0.2, 0.25) is 0 Å². The molecule has 0 aliphatic heterocycles. The van der Waals surface area contributed by atoms with Gasteiger partial charge in [0.2, 0.25) is 0 Å². The molecule has 0 N–H and O–H groups in total. The summed E-state index contributed by atoms with van der Waals surface area (Å²) < 4.78 is 0. The van der Waals surface area contributed by atoms with Crippen LogP contribution in [0.1, 0.15) is 5.56 Å². The Bertz CT molecular complexity index is 383. The molecule has 1 rings (SSSR count). The van der Waals surface area contributed by atoms with Crippen molar-refractivity contribution in [3.8, 4) is 0 Å². The first-order chi connectivity index (χ1) is 6.43. The Kier molecular flexibility index (Phi) is 2.70. The molecule has 0 radical (unpaired) electrons. The number of thiol groups is 1. The number of nitro benzene ring substituents is 2. The fraction of sp³-hybridized carbons (Fsp3) is 0.143. The highest BCUT2D eigenvalue weighted by Crippen LogP contribution is 2.32. The molecule has 0 atom stereocenters. The molecule has 0 unspecified atom stereocenters. The zero-order valence-electron chi connectivity index (χ0n) is 7.13. The molecule has 6 nitrogen and oxygen atoms in total. The van der Waals surface area contributed by atoms with Crippen molar-refractivity contribution in [3.63, 3.8) is 0 Å². The molecule has 74 valence electrons. The lowest BCUT2D eigenvalue weighted by Crippen LogP contribution is -1.96. The molecule has 1 aromatic carbocycles.